The zero-order valence-electron chi connectivity index (χ0n) is 14.2. The lowest BCUT2D eigenvalue weighted by molar-refractivity contribution is -0.145. The first-order valence-electron chi connectivity index (χ1n) is 7.51. The highest BCUT2D eigenvalue weighted by molar-refractivity contribution is 5.85. The van der Waals surface area contributed by atoms with Gasteiger partial charge in [-0.05, 0) is 25.8 Å². The summed E-state index contributed by atoms with van der Waals surface area (Å²) in [5, 5.41) is 2.79. The molecule has 0 heterocycles. The van der Waals surface area contributed by atoms with Crippen molar-refractivity contribution in [2.75, 3.05) is 13.7 Å². The smallest absolute Gasteiger partial charge is 0.310 e. The molecule has 6 heteroatoms. The van der Waals surface area contributed by atoms with Crippen LogP contribution in [0.2, 0.25) is 0 Å². The monoisotopic (exact) mass is 342 g/mol. The Morgan fingerprint density at radius 2 is 1.96 bits per heavy atom. The molecular formula is C17H27ClN2O3. The van der Waals surface area contributed by atoms with Gasteiger partial charge in [0.1, 0.15) is 0 Å². The molecule has 0 radical (unpaired) electrons. The molecule has 0 saturated carbocycles. The number of aryl methyl sites for hydroxylation is 1. The van der Waals surface area contributed by atoms with Crippen molar-refractivity contribution in [2.24, 2.45) is 17.6 Å². The van der Waals surface area contributed by atoms with Crippen LogP contribution in [0.5, 0.6) is 0 Å². The number of methoxy groups -OCH3 is 1. The fourth-order valence-corrected chi connectivity index (χ4v) is 2.15. The number of nitrogens with two attached hydrogens (primary N) is 1. The molecule has 0 aromatic heterocycles. The summed E-state index contributed by atoms with van der Waals surface area (Å²) in [5.74, 6) is -1.17. The highest BCUT2D eigenvalue weighted by Crippen LogP contribution is 2.12. The molecule has 3 atom stereocenters. The standard InChI is InChI=1S/C17H26N2O3.ClH/c1-11-6-5-7-14(8-11)9-15(17(21)22-4)10-19-16(20)12(2)13(3)18;/h5-8,12-13,15H,9-10,18H2,1-4H3,(H,19,20);1H. The molecular weight excluding hydrogens is 316 g/mol. The molecule has 1 amide bonds. The van der Waals surface area contributed by atoms with Gasteiger partial charge in [0.15, 0.2) is 0 Å². The molecule has 130 valence electrons. The Morgan fingerprint density at radius 1 is 1.30 bits per heavy atom. The van der Waals surface area contributed by atoms with Crippen LogP contribution in [0.15, 0.2) is 24.3 Å². The number of halogens is 1. The van der Waals surface area contributed by atoms with Crippen molar-refractivity contribution in [1.29, 1.82) is 0 Å². The van der Waals surface area contributed by atoms with E-state index in [4.69, 9.17) is 10.5 Å². The van der Waals surface area contributed by atoms with Gasteiger partial charge in [0, 0.05) is 18.5 Å². The van der Waals surface area contributed by atoms with E-state index in [1.54, 1.807) is 13.8 Å². The molecule has 1 aromatic rings. The summed E-state index contributed by atoms with van der Waals surface area (Å²) >= 11 is 0. The van der Waals surface area contributed by atoms with Crippen molar-refractivity contribution in [2.45, 2.75) is 33.2 Å². The fourth-order valence-electron chi connectivity index (χ4n) is 2.15. The highest BCUT2D eigenvalue weighted by Gasteiger charge is 2.23. The molecule has 0 fully saturated rings. The lowest BCUT2D eigenvalue weighted by atomic mass is 9.97. The van der Waals surface area contributed by atoms with Crippen molar-refractivity contribution in [3.63, 3.8) is 0 Å². The van der Waals surface area contributed by atoms with Gasteiger partial charge >= 0.3 is 5.97 Å². The summed E-state index contributed by atoms with van der Waals surface area (Å²) in [5.41, 5.74) is 7.90. The largest absolute Gasteiger partial charge is 0.469 e. The van der Waals surface area contributed by atoms with Crippen LogP contribution in [0.1, 0.15) is 25.0 Å². The van der Waals surface area contributed by atoms with E-state index in [1.165, 1.54) is 7.11 Å². The van der Waals surface area contributed by atoms with Crippen molar-refractivity contribution in [3.05, 3.63) is 35.4 Å². The molecule has 3 unspecified atom stereocenters. The van der Waals surface area contributed by atoms with Crippen LogP contribution in [0.4, 0.5) is 0 Å². The van der Waals surface area contributed by atoms with Crippen LogP contribution >= 0.6 is 12.4 Å². The molecule has 1 rings (SSSR count). The van der Waals surface area contributed by atoms with E-state index in [-0.39, 0.29) is 42.8 Å². The summed E-state index contributed by atoms with van der Waals surface area (Å²) in [6, 6.07) is 7.73. The van der Waals surface area contributed by atoms with E-state index < -0.39 is 5.92 Å². The molecule has 0 bridgehead atoms. The number of carbonyl (C=O) groups excluding carboxylic acids is 2. The van der Waals surface area contributed by atoms with E-state index in [9.17, 15) is 9.59 Å². The summed E-state index contributed by atoms with van der Waals surface area (Å²) in [6.07, 6.45) is 0.529. The third-order valence-electron chi connectivity index (χ3n) is 3.82. The molecule has 0 saturated heterocycles. The number of rotatable bonds is 7. The molecule has 1 aromatic carbocycles. The summed E-state index contributed by atoms with van der Waals surface area (Å²) in [7, 11) is 1.36. The van der Waals surface area contributed by atoms with Gasteiger partial charge in [0.25, 0.3) is 0 Å². The van der Waals surface area contributed by atoms with E-state index in [0.29, 0.717) is 6.42 Å². The third kappa shape index (κ3) is 7.01. The fraction of sp³-hybridized carbons (Fsp3) is 0.529. The number of ether oxygens (including phenoxy) is 1. The first kappa shape index (κ1) is 21.4. The Morgan fingerprint density at radius 3 is 2.48 bits per heavy atom. The number of hydrogen-bond donors (Lipinski definition) is 2. The van der Waals surface area contributed by atoms with Gasteiger partial charge in [-0.25, -0.2) is 0 Å². The van der Waals surface area contributed by atoms with Crippen LogP contribution in [0, 0.1) is 18.8 Å². The normalized spacial score (nSPS) is 14.1. The van der Waals surface area contributed by atoms with Crippen LogP contribution < -0.4 is 11.1 Å². The second-order valence-electron chi connectivity index (χ2n) is 5.81. The van der Waals surface area contributed by atoms with Gasteiger partial charge in [0.2, 0.25) is 5.91 Å². The minimum absolute atomic E-state index is 0. The number of esters is 1. The molecule has 0 aliphatic carbocycles. The quantitative estimate of drug-likeness (QED) is 0.741. The zero-order valence-corrected chi connectivity index (χ0v) is 15.0. The van der Waals surface area contributed by atoms with E-state index in [0.717, 1.165) is 11.1 Å². The van der Waals surface area contributed by atoms with Crippen molar-refractivity contribution >= 4 is 24.3 Å². The molecule has 0 aliphatic heterocycles. The first-order valence-corrected chi connectivity index (χ1v) is 7.51. The number of carbonyl (C=O) groups is 2. The predicted octanol–water partition coefficient (Wildman–Crippen LogP) is 1.85. The SMILES string of the molecule is COC(=O)C(CNC(=O)C(C)C(C)N)Cc1cccc(C)c1.Cl. The van der Waals surface area contributed by atoms with Crippen LogP contribution in [-0.4, -0.2) is 31.6 Å². The average Bonchev–Trinajstić information content (AvgIpc) is 2.49. The first-order chi connectivity index (χ1) is 10.3. The summed E-state index contributed by atoms with van der Waals surface area (Å²) in [6.45, 7) is 5.81. The maximum atomic E-state index is 12.0. The number of nitrogens with one attached hydrogen (secondary N) is 1. The lowest BCUT2D eigenvalue weighted by Crippen LogP contribution is -2.42. The molecule has 5 nitrogen and oxygen atoms in total. The van der Waals surface area contributed by atoms with E-state index in [2.05, 4.69) is 5.32 Å². The van der Waals surface area contributed by atoms with Crippen molar-refractivity contribution in [3.8, 4) is 0 Å². The minimum Gasteiger partial charge on any atom is -0.469 e. The number of benzene rings is 1. The van der Waals surface area contributed by atoms with E-state index >= 15 is 0 Å². The Labute approximate surface area is 144 Å². The zero-order chi connectivity index (χ0) is 16.7. The number of amides is 1. The summed E-state index contributed by atoms with van der Waals surface area (Å²) < 4.78 is 4.84. The van der Waals surface area contributed by atoms with Crippen molar-refractivity contribution in [1.82, 2.24) is 5.32 Å². The van der Waals surface area contributed by atoms with Gasteiger partial charge in [-0.15, -0.1) is 12.4 Å². The Hall–Kier alpha value is -1.59. The Balaban J connectivity index is 0.00000484. The Kier molecular flexibility index (Phi) is 9.53. The Bertz CT molecular complexity index is 520. The molecule has 0 spiro atoms. The van der Waals surface area contributed by atoms with Gasteiger partial charge in [0.05, 0.1) is 13.0 Å². The highest BCUT2D eigenvalue weighted by atomic mass is 35.5. The third-order valence-corrected chi connectivity index (χ3v) is 3.82. The number of hydrogen-bond acceptors (Lipinski definition) is 4. The van der Waals surface area contributed by atoms with Gasteiger partial charge in [-0.1, -0.05) is 36.8 Å². The maximum absolute atomic E-state index is 12.0. The second-order valence-corrected chi connectivity index (χ2v) is 5.81. The minimum atomic E-state index is -0.406. The maximum Gasteiger partial charge on any atom is 0.310 e. The van der Waals surface area contributed by atoms with Crippen molar-refractivity contribution < 1.29 is 14.3 Å². The van der Waals surface area contributed by atoms with Gasteiger partial charge in [-0.2, -0.15) is 0 Å². The van der Waals surface area contributed by atoms with E-state index in [1.807, 2.05) is 31.2 Å². The molecule has 0 aliphatic rings. The predicted molar refractivity (Wildman–Crippen MR) is 93.5 cm³/mol. The van der Waals surface area contributed by atoms with Crippen LogP contribution in [0.25, 0.3) is 0 Å². The molecule has 3 N–H and O–H groups in total. The average molecular weight is 343 g/mol. The van der Waals surface area contributed by atoms with Crippen LogP contribution in [0.3, 0.4) is 0 Å². The lowest BCUT2D eigenvalue weighted by Gasteiger charge is -2.19. The van der Waals surface area contributed by atoms with Gasteiger partial charge in [-0.3, -0.25) is 9.59 Å². The van der Waals surface area contributed by atoms with Crippen LogP contribution in [-0.2, 0) is 20.7 Å². The van der Waals surface area contributed by atoms with Gasteiger partial charge < -0.3 is 15.8 Å². The summed E-state index contributed by atoms with van der Waals surface area (Å²) in [4.78, 5) is 23.9. The second kappa shape index (κ2) is 10.2. The topological polar surface area (TPSA) is 81.4 Å². The molecule has 23 heavy (non-hydrogen) atoms.